The first-order valence-corrected chi connectivity index (χ1v) is 9.48. The van der Waals surface area contributed by atoms with Crippen molar-refractivity contribution in [3.63, 3.8) is 0 Å². The van der Waals surface area contributed by atoms with Crippen LogP contribution in [0.2, 0.25) is 0 Å². The van der Waals surface area contributed by atoms with Crippen molar-refractivity contribution in [2.24, 2.45) is 34.5 Å². The van der Waals surface area contributed by atoms with Crippen molar-refractivity contribution in [3.8, 4) is 0 Å². The van der Waals surface area contributed by atoms with Gasteiger partial charge in [0.05, 0.1) is 6.10 Å². The Kier molecular flexibility index (Phi) is 3.46. The van der Waals surface area contributed by atoms with Gasteiger partial charge in [-0.05, 0) is 80.5 Å². The minimum absolute atomic E-state index is 0.0924. The number of carbonyl (C=O) groups is 1. The Labute approximate surface area is 139 Å². The summed E-state index contributed by atoms with van der Waals surface area (Å²) in [5.74, 6) is 1.91. The molecule has 4 aliphatic rings. The van der Waals surface area contributed by atoms with Crippen LogP contribution in [-0.4, -0.2) is 22.3 Å². The maximum atomic E-state index is 11.7. The standard InChI is InChI=1S/C20H30O3/c1-19-9-7-13(21)11-12(19)3-4-14-15-5-6-17(18(22)23)20(15,2)10-8-16(14)19/h6,12-16,21H,3-5,7-11H2,1-2H3,(H,22,23)/t12-,13+,14+,15+,16+,19+,20+/m1/s1. The molecule has 0 radical (unpaired) electrons. The molecule has 0 aromatic carbocycles. The molecule has 4 rings (SSSR count). The minimum atomic E-state index is -0.700. The van der Waals surface area contributed by atoms with E-state index in [-0.39, 0.29) is 11.5 Å². The minimum Gasteiger partial charge on any atom is -0.478 e. The van der Waals surface area contributed by atoms with Crippen LogP contribution in [0.3, 0.4) is 0 Å². The van der Waals surface area contributed by atoms with E-state index in [2.05, 4.69) is 13.8 Å². The Morgan fingerprint density at radius 1 is 1.13 bits per heavy atom. The predicted molar refractivity (Wildman–Crippen MR) is 88.8 cm³/mol. The van der Waals surface area contributed by atoms with Crippen LogP contribution in [0, 0.1) is 34.5 Å². The van der Waals surface area contributed by atoms with E-state index in [0.717, 1.165) is 38.0 Å². The third-order valence-corrected chi connectivity index (χ3v) is 8.45. The van der Waals surface area contributed by atoms with Crippen molar-refractivity contribution in [1.29, 1.82) is 0 Å². The van der Waals surface area contributed by atoms with Crippen LogP contribution in [0.15, 0.2) is 11.6 Å². The summed E-state index contributed by atoms with van der Waals surface area (Å²) in [6.07, 6.45) is 10.7. The fraction of sp³-hybridized carbons (Fsp3) is 0.850. The van der Waals surface area contributed by atoms with Crippen molar-refractivity contribution in [2.45, 2.75) is 71.3 Å². The molecule has 7 atom stereocenters. The van der Waals surface area contributed by atoms with Gasteiger partial charge in [-0.2, -0.15) is 0 Å². The van der Waals surface area contributed by atoms with Crippen LogP contribution < -0.4 is 0 Å². The lowest BCUT2D eigenvalue weighted by molar-refractivity contribution is -0.138. The van der Waals surface area contributed by atoms with Gasteiger partial charge in [0.2, 0.25) is 0 Å². The van der Waals surface area contributed by atoms with E-state index in [1.165, 1.54) is 19.3 Å². The molecule has 3 saturated carbocycles. The quantitative estimate of drug-likeness (QED) is 0.768. The lowest BCUT2D eigenvalue weighted by Gasteiger charge is -2.60. The van der Waals surface area contributed by atoms with Gasteiger partial charge in [0.1, 0.15) is 0 Å². The summed E-state index contributed by atoms with van der Waals surface area (Å²) < 4.78 is 0. The molecule has 3 heteroatoms. The highest BCUT2D eigenvalue weighted by atomic mass is 16.4. The SMILES string of the molecule is C[C@]12CC[C@H](O)C[C@H]1CC[C@@H]1[C@@H]2CC[C@]2(C)C(C(=O)O)=CC[C@@H]12. The van der Waals surface area contributed by atoms with Gasteiger partial charge >= 0.3 is 5.97 Å². The number of allylic oxidation sites excluding steroid dienone is 1. The normalized spacial score (nSPS) is 52.1. The molecule has 3 nitrogen and oxygen atoms in total. The molecule has 0 spiro atoms. The average Bonchev–Trinajstić information content (AvgIpc) is 2.85. The zero-order valence-corrected chi connectivity index (χ0v) is 14.4. The van der Waals surface area contributed by atoms with Crippen LogP contribution in [-0.2, 0) is 4.79 Å². The number of hydrogen-bond donors (Lipinski definition) is 2. The Morgan fingerprint density at radius 3 is 2.65 bits per heavy atom. The molecule has 0 bridgehead atoms. The number of carboxylic acid groups (broad SMARTS) is 1. The first-order chi connectivity index (χ1) is 10.9. The van der Waals surface area contributed by atoms with Gasteiger partial charge in [0.15, 0.2) is 0 Å². The van der Waals surface area contributed by atoms with Crippen LogP contribution in [0.5, 0.6) is 0 Å². The van der Waals surface area contributed by atoms with Gasteiger partial charge in [0, 0.05) is 11.0 Å². The molecule has 0 aromatic rings. The molecule has 128 valence electrons. The molecule has 0 saturated heterocycles. The number of hydrogen-bond acceptors (Lipinski definition) is 2. The highest BCUT2D eigenvalue weighted by Crippen LogP contribution is 2.66. The Bertz CT molecular complexity index is 553. The monoisotopic (exact) mass is 318 g/mol. The maximum Gasteiger partial charge on any atom is 0.331 e. The van der Waals surface area contributed by atoms with Crippen molar-refractivity contribution in [3.05, 3.63) is 11.6 Å². The number of carboxylic acids is 1. The van der Waals surface area contributed by atoms with E-state index in [0.29, 0.717) is 28.7 Å². The molecule has 23 heavy (non-hydrogen) atoms. The third-order valence-electron chi connectivity index (χ3n) is 8.45. The molecule has 0 aromatic heterocycles. The van der Waals surface area contributed by atoms with Gasteiger partial charge in [0.25, 0.3) is 0 Å². The van der Waals surface area contributed by atoms with Crippen molar-refractivity contribution >= 4 is 5.97 Å². The van der Waals surface area contributed by atoms with Crippen LogP contribution in [0.25, 0.3) is 0 Å². The lowest BCUT2D eigenvalue weighted by atomic mass is 9.44. The van der Waals surface area contributed by atoms with E-state index in [4.69, 9.17) is 0 Å². The summed E-state index contributed by atoms with van der Waals surface area (Å²) in [6, 6.07) is 0. The number of aliphatic hydroxyl groups is 1. The Hall–Kier alpha value is -0.830. The molecule has 0 unspecified atom stereocenters. The van der Waals surface area contributed by atoms with Gasteiger partial charge in [-0.15, -0.1) is 0 Å². The van der Waals surface area contributed by atoms with Crippen LogP contribution in [0.1, 0.15) is 65.2 Å². The molecule has 4 aliphatic carbocycles. The second-order valence-electron chi connectivity index (χ2n) is 9.20. The molecular weight excluding hydrogens is 288 g/mol. The van der Waals surface area contributed by atoms with Crippen molar-refractivity contribution in [2.75, 3.05) is 0 Å². The van der Waals surface area contributed by atoms with Crippen molar-refractivity contribution in [1.82, 2.24) is 0 Å². The average molecular weight is 318 g/mol. The summed E-state index contributed by atoms with van der Waals surface area (Å²) in [6.45, 7) is 4.68. The number of aliphatic hydroxyl groups excluding tert-OH is 1. The molecule has 3 fully saturated rings. The summed E-state index contributed by atoms with van der Waals surface area (Å²) in [4.78, 5) is 11.7. The van der Waals surface area contributed by atoms with Gasteiger partial charge < -0.3 is 10.2 Å². The first-order valence-electron chi connectivity index (χ1n) is 9.48. The van der Waals surface area contributed by atoms with E-state index in [1.807, 2.05) is 6.08 Å². The Morgan fingerprint density at radius 2 is 1.91 bits per heavy atom. The smallest absolute Gasteiger partial charge is 0.331 e. The van der Waals surface area contributed by atoms with Crippen LogP contribution >= 0.6 is 0 Å². The fourth-order valence-corrected chi connectivity index (χ4v) is 7.13. The highest BCUT2D eigenvalue weighted by molar-refractivity contribution is 5.89. The molecule has 0 amide bonds. The van der Waals surface area contributed by atoms with E-state index in [9.17, 15) is 15.0 Å². The topological polar surface area (TPSA) is 57.5 Å². The first kappa shape index (κ1) is 15.7. The predicted octanol–water partition coefficient (Wildman–Crippen LogP) is 4.01. The van der Waals surface area contributed by atoms with E-state index >= 15 is 0 Å². The summed E-state index contributed by atoms with van der Waals surface area (Å²) in [5.41, 5.74) is 0.951. The molecule has 0 heterocycles. The van der Waals surface area contributed by atoms with Gasteiger partial charge in [-0.1, -0.05) is 19.9 Å². The Balaban J connectivity index is 1.62. The molecular formula is C20H30O3. The third kappa shape index (κ3) is 2.08. The lowest BCUT2D eigenvalue weighted by Crippen LogP contribution is -2.53. The molecule has 0 aliphatic heterocycles. The second-order valence-corrected chi connectivity index (χ2v) is 9.20. The number of fused-ring (bicyclic) bond motifs is 5. The zero-order valence-electron chi connectivity index (χ0n) is 14.4. The van der Waals surface area contributed by atoms with E-state index in [1.54, 1.807) is 0 Å². The number of rotatable bonds is 1. The van der Waals surface area contributed by atoms with Crippen molar-refractivity contribution < 1.29 is 15.0 Å². The highest BCUT2D eigenvalue weighted by Gasteiger charge is 2.59. The molecule has 2 N–H and O–H groups in total. The van der Waals surface area contributed by atoms with Gasteiger partial charge in [-0.25, -0.2) is 4.79 Å². The van der Waals surface area contributed by atoms with Crippen LogP contribution in [0.4, 0.5) is 0 Å². The zero-order chi connectivity index (χ0) is 16.4. The summed E-state index contributed by atoms with van der Waals surface area (Å²) in [5, 5.41) is 19.7. The largest absolute Gasteiger partial charge is 0.478 e. The maximum absolute atomic E-state index is 11.7. The van der Waals surface area contributed by atoms with E-state index < -0.39 is 5.97 Å². The summed E-state index contributed by atoms with van der Waals surface area (Å²) >= 11 is 0. The second kappa shape index (κ2) is 5.08. The fourth-order valence-electron chi connectivity index (χ4n) is 7.13. The number of aliphatic carboxylic acids is 1. The summed E-state index contributed by atoms with van der Waals surface area (Å²) in [7, 11) is 0. The van der Waals surface area contributed by atoms with Gasteiger partial charge in [-0.3, -0.25) is 0 Å².